The summed E-state index contributed by atoms with van der Waals surface area (Å²) in [5.74, 6) is 1.02. The summed E-state index contributed by atoms with van der Waals surface area (Å²) in [6.07, 6.45) is 1.44. The van der Waals surface area contributed by atoms with Crippen molar-refractivity contribution in [1.29, 1.82) is 0 Å². The van der Waals surface area contributed by atoms with Gasteiger partial charge in [-0.3, -0.25) is 0 Å². The van der Waals surface area contributed by atoms with Gasteiger partial charge in [-0.05, 0) is 31.5 Å². The molecule has 0 unspecified atom stereocenters. The minimum Gasteiger partial charge on any atom is -0.373 e. The van der Waals surface area contributed by atoms with Crippen LogP contribution in [0.25, 0.3) is 0 Å². The minimum absolute atomic E-state index is 0.293. The Hall–Kier alpha value is -2.17. The molecule has 1 aromatic carbocycles. The predicted molar refractivity (Wildman–Crippen MR) is 70.7 cm³/mol. The third kappa shape index (κ3) is 2.40. The van der Waals surface area contributed by atoms with Crippen LogP contribution >= 0.6 is 0 Å². The van der Waals surface area contributed by atoms with E-state index in [9.17, 15) is 4.39 Å². The zero-order chi connectivity index (χ0) is 13.1. The first-order valence-electron chi connectivity index (χ1n) is 5.64. The summed E-state index contributed by atoms with van der Waals surface area (Å²) in [6.45, 7) is 3.72. The van der Waals surface area contributed by atoms with Crippen molar-refractivity contribution in [2.24, 2.45) is 0 Å². The summed E-state index contributed by atoms with van der Waals surface area (Å²) < 4.78 is 13.7. The van der Waals surface area contributed by atoms with Crippen LogP contribution in [0.5, 0.6) is 0 Å². The van der Waals surface area contributed by atoms with Gasteiger partial charge in [0.2, 0.25) is 0 Å². The van der Waals surface area contributed by atoms with Crippen molar-refractivity contribution in [2.45, 2.75) is 13.8 Å². The van der Waals surface area contributed by atoms with E-state index in [-0.39, 0.29) is 5.82 Å². The number of hydrogen-bond donors (Lipinski definition) is 2. The van der Waals surface area contributed by atoms with Crippen LogP contribution in [0.15, 0.2) is 24.5 Å². The van der Waals surface area contributed by atoms with Crippen LogP contribution in [-0.4, -0.2) is 17.0 Å². The summed E-state index contributed by atoms with van der Waals surface area (Å²) in [5.41, 5.74) is 2.14. The molecule has 0 spiro atoms. The number of aryl methyl sites for hydroxylation is 1. The maximum atomic E-state index is 13.7. The van der Waals surface area contributed by atoms with Gasteiger partial charge in [0.1, 0.15) is 23.8 Å². The molecule has 1 heterocycles. The second-order valence-electron chi connectivity index (χ2n) is 4.05. The molecule has 0 fully saturated rings. The van der Waals surface area contributed by atoms with E-state index in [0.717, 1.165) is 16.9 Å². The van der Waals surface area contributed by atoms with Crippen LogP contribution in [0.3, 0.4) is 0 Å². The summed E-state index contributed by atoms with van der Waals surface area (Å²) in [4.78, 5) is 8.20. The average Bonchev–Trinajstić information content (AvgIpc) is 2.35. The van der Waals surface area contributed by atoms with E-state index in [4.69, 9.17) is 0 Å². The molecule has 94 valence electrons. The van der Waals surface area contributed by atoms with E-state index in [1.54, 1.807) is 13.1 Å². The number of halogens is 1. The summed E-state index contributed by atoms with van der Waals surface area (Å²) >= 11 is 0. The highest BCUT2D eigenvalue weighted by atomic mass is 19.1. The second-order valence-corrected chi connectivity index (χ2v) is 4.05. The van der Waals surface area contributed by atoms with Crippen LogP contribution in [0.2, 0.25) is 0 Å². The Morgan fingerprint density at radius 3 is 2.50 bits per heavy atom. The van der Waals surface area contributed by atoms with Crippen LogP contribution < -0.4 is 10.6 Å². The van der Waals surface area contributed by atoms with Crippen molar-refractivity contribution in [1.82, 2.24) is 9.97 Å². The van der Waals surface area contributed by atoms with Crippen molar-refractivity contribution in [3.63, 3.8) is 0 Å². The lowest BCUT2D eigenvalue weighted by Crippen LogP contribution is -2.03. The largest absolute Gasteiger partial charge is 0.373 e. The third-order valence-electron chi connectivity index (χ3n) is 2.70. The Morgan fingerprint density at radius 2 is 1.83 bits per heavy atom. The molecule has 0 aliphatic rings. The highest BCUT2D eigenvalue weighted by molar-refractivity contribution is 5.64. The van der Waals surface area contributed by atoms with E-state index in [1.165, 1.54) is 12.4 Å². The zero-order valence-corrected chi connectivity index (χ0v) is 10.6. The van der Waals surface area contributed by atoms with Gasteiger partial charge < -0.3 is 10.6 Å². The van der Waals surface area contributed by atoms with Crippen LogP contribution in [0, 0.1) is 19.7 Å². The molecule has 0 saturated carbocycles. The van der Waals surface area contributed by atoms with Crippen LogP contribution in [-0.2, 0) is 0 Å². The van der Waals surface area contributed by atoms with Gasteiger partial charge in [0.25, 0.3) is 0 Å². The zero-order valence-electron chi connectivity index (χ0n) is 10.6. The Morgan fingerprint density at radius 1 is 1.11 bits per heavy atom. The fraction of sp³-hybridized carbons (Fsp3) is 0.231. The monoisotopic (exact) mass is 246 g/mol. The van der Waals surface area contributed by atoms with Gasteiger partial charge in [0, 0.05) is 12.6 Å². The number of nitrogens with zero attached hydrogens (tertiary/aromatic N) is 2. The number of hydrogen-bond acceptors (Lipinski definition) is 4. The van der Waals surface area contributed by atoms with Crippen LogP contribution in [0.4, 0.5) is 21.7 Å². The van der Waals surface area contributed by atoms with Gasteiger partial charge in [0.15, 0.2) is 0 Å². The maximum Gasteiger partial charge on any atom is 0.146 e. The minimum atomic E-state index is -0.293. The molecule has 4 nitrogen and oxygen atoms in total. The summed E-state index contributed by atoms with van der Waals surface area (Å²) in [6, 6.07) is 5.03. The molecule has 18 heavy (non-hydrogen) atoms. The molecular weight excluding hydrogens is 231 g/mol. The topological polar surface area (TPSA) is 49.8 Å². The van der Waals surface area contributed by atoms with Crippen LogP contribution in [0.1, 0.15) is 11.1 Å². The van der Waals surface area contributed by atoms with Crippen molar-refractivity contribution >= 4 is 17.3 Å². The lowest BCUT2D eigenvalue weighted by Gasteiger charge is -2.11. The van der Waals surface area contributed by atoms with Gasteiger partial charge in [-0.2, -0.15) is 0 Å². The van der Waals surface area contributed by atoms with Crippen molar-refractivity contribution in [3.8, 4) is 0 Å². The molecule has 0 radical (unpaired) electrons. The second kappa shape index (κ2) is 5.00. The Kier molecular flexibility index (Phi) is 3.41. The standard InChI is InChI=1S/C13H15FN4/c1-8-4-5-11(10(14)6-8)18-13-9(2)12(15-3)16-7-17-13/h4-7H,1-3H3,(H2,15,16,17,18). The van der Waals surface area contributed by atoms with E-state index in [2.05, 4.69) is 20.6 Å². The third-order valence-corrected chi connectivity index (χ3v) is 2.70. The Labute approximate surface area is 105 Å². The first-order chi connectivity index (χ1) is 8.61. The molecule has 0 atom stereocenters. The molecule has 0 amide bonds. The molecule has 1 aromatic heterocycles. The lowest BCUT2D eigenvalue weighted by atomic mass is 10.2. The molecule has 0 saturated heterocycles. The Bertz CT molecular complexity index is 569. The smallest absolute Gasteiger partial charge is 0.146 e. The predicted octanol–water partition coefficient (Wildman–Crippen LogP) is 3.02. The van der Waals surface area contributed by atoms with E-state index >= 15 is 0 Å². The van der Waals surface area contributed by atoms with E-state index < -0.39 is 0 Å². The number of benzene rings is 1. The maximum absolute atomic E-state index is 13.7. The highest BCUT2D eigenvalue weighted by Crippen LogP contribution is 2.24. The lowest BCUT2D eigenvalue weighted by molar-refractivity contribution is 0.630. The van der Waals surface area contributed by atoms with Gasteiger partial charge in [-0.15, -0.1) is 0 Å². The molecule has 2 aromatic rings. The molecular formula is C13H15FN4. The quantitative estimate of drug-likeness (QED) is 0.874. The summed E-state index contributed by atoms with van der Waals surface area (Å²) in [5, 5.41) is 5.94. The molecule has 0 aliphatic heterocycles. The van der Waals surface area contributed by atoms with E-state index in [1.807, 2.05) is 19.9 Å². The molecule has 0 bridgehead atoms. The fourth-order valence-corrected chi connectivity index (χ4v) is 1.68. The molecule has 0 aliphatic carbocycles. The van der Waals surface area contributed by atoms with E-state index in [0.29, 0.717) is 11.5 Å². The number of aromatic nitrogens is 2. The van der Waals surface area contributed by atoms with Crippen molar-refractivity contribution < 1.29 is 4.39 Å². The first-order valence-corrected chi connectivity index (χ1v) is 5.64. The Balaban J connectivity index is 2.34. The normalized spacial score (nSPS) is 10.2. The van der Waals surface area contributed by atoms with Gasteiger partial charge in [-0.25, -0.2) is 14.4 Å². The fourth-order valence-electron chi connectivity index (χ4n) is 1.68. The number of nitrogens with one attached hydrogen (secondary N) is 2. The average molecular weight is 246 g/mol. The molecule has 5 heteroatoms. The van der Waals surface area contributed by atoms with Gasteiger partial charge >= 0.3 is 0 Å². The first kappa shape index (κ1) is 12.3. The SMILES string of the molecule is CNc1ncnc(Nc2ccc(C)cc2F)c1C. The molecule has 2 rings (SSSR count). The number of rotatable bonds is 3. The number of anilines is 3. The van der Waals surface area contributed by atoms with Gasteiger partial charge in [0.05, 0.1) is 5.69 Å². The van der Waals surface area contributed by atoms with Gasteiger partial charge in [-0.1, -0.05) is 6.07 Å². The summed E-state index contributed by atoms with van der Waals surface area (Å²) in [7, 11) is 1.78. The molecule has 2 N–H and O–H groups in total. The van der Waals surface area contributed by atoms with Crippen molar-refractivity contribution in [2.75, 3.05) is 17.7 Å². The van der Waals surface area contributed by atoms with Crippen molar-refractivity contribution in [3.05, 3.63) is 41.5 Å². The highest BCUT2D eigenvalue weighted by Gasteiger charge is 2.08.